The van der Waals surface area contributed by atoms with Gasteiger partial charge in [0.2, 0.25) is 0 Å². The summed E-state index contributed by atoms with van der Waals surface area (Å²) in [5.74, 6) is 1.66. The molecule has 1 fully saturated rings. The van der Waals surface area contributed by atoms with Gasteiger partial charge in [-0.1, -0.05) is 6.92 Å². The molecular weight excluding hydrogens is 300 g/mol. The quantitative estimate of drug-likeness (QED) is 0.837. The molecule has 1 atom stereocenters. The molecule has 0 saturated carbocycles. The fourth-order valence-electron chi connectivity index (χ4n) is 3.83. The first-order valence-corrected chi connectivity index (χ1v) is 9.09. The SMILES string of the molecule is CCCn1nc(C)c(Cn2ccnc2[C@H]2CCOC(C)(C)C2)c1C. The van der Waals surface area contributed by atoms with Crippen LogP contribution in [0.4, 0.5) is 0 Å². The van der Waals surface area contributed by atoms with Gasteiger partial charge in [0.1, 0.15) is 5.82 Å². The largest absolute Gasteiger partial charge is 0.376 e. The Labute approximate surface area is 145 Å². The van der Waals surface area contributed by atoms with E-state index < -0.39 is 0 Å². The minimum atomic E-state index is -0.0580. The Bertz CT molecular complexity index is 698. The van der Waals surface area contributed by atoms with Crippen LogP contribution in [0, 0.1) is 13.8 Å². The molecule has 0 unspecified atom stereocenters. The number of nitrogens with zero attached hydrogens (tertiary/aromatic N) is 4. The van der Waals surface area contributed by atoms with Crippen molar-refractivity contribution in [2.45, 2.75) is 78.5 Å². The second-order valence-electron chi connectivity index (χ2n) is 7.58. The van der Waals surface area contributed by atoms with Crippen molar-refractivity contribution in [3.8, 4) is 0 Å². The third-order valence-electron chi connectivity index (χ3n) is 5.11. The summed E-state index contributed by atoms with van der Waals surface area (Å²) in [5.41, 5.74) is 3.68. The minimum Gasteiger partial charge on any atom is -0.376 e. The smallest absolute Gasteiger partial charge is 0.112 e. The van der Waals surface area contributed by atoms with Gasteiger partial charge in [0, 0.05) is 42.7 Å². The van der Waals surface area contributed by atoms with E-state index in [1.807, 2.05) is 6.20 Å². The van der Waals surface area contributed by atoms with E-state index in [0.29, 0.717) is 5.92 Å². The molecule has 0 aromatic carbocycles. The second kappa shape index (κ2) is 6.71. The van der Waals surface area contributed by atoms with Gasteiger partial charge in [-0.05, 0) is 47.0 Å². The van der Waals surface area contributed by atoms with Gasteiger partial charge in [0.25, 0.3) is 0 Å². The highest BCUT2D eigenvalue weighted by Gasteiger charge is 2.32. The summed E-state index contributed by atoms with van der Waals surface area (Å²) < 4.78 is 10.3. The maximum absolute atomic E-state index is 5.87. The Morgan fingerprint density at radius 3 is 2.83 bits per heavy atom. The predicted octanol–water partition coefficient (Wildman–Crippen LogP) is 3.83. The van der Waals surface area contributed by atoms with Gasteiger partial charge in [-0.15, -0.1) is 0 Å². The molecule has 1 aliphatic rings. The van der Waals surface area contributed by atoms with Crippen molar-refractivity contribution in [2.75, 3.05) is 6.61 Å². The summed E-state index contributed by atoms with van der Waals surface area (Å²) in [6, 6.07) is 0. The van der Waals surface area contributed by atoms with Crippen LogP contribution in [0.25, 0.3) is 0 Å². The van der Waals surface area contributed by atoms with Gasteiger partial charge in [-0.2, -0.15) is 5.10 Å². The second-order valence-corrected chi connectivity index (χ2v) is 7.58. The number of aromatic nitrogens is 4. The number of hydrogen-bond donors (Lipinski definition) is 0. The molecule has 3 rings (SSSR count). The normalized spacial score (nSPS) is 20.5. The highest BCUT2D eigenvalue weighted by Crippen LogP contribution is 2.35. The summed E-state index contributed by atoms with van der Waals surface area (Å²) >= 11 is 0. The highest BCUT2D eigenvalue weighted by molar-refractivity contribution is 5.25. The number of rotatable bonds is 5. The van der Waals surface area contributed by atoms with E-state index in [1.54, 1.807) is 0 Å². The van der Waals surface area contributed by atoms with Crippen LogP contribution in [0.5, 0.6) is 0 Å². The van der Waals surface area contributed by atoms with Gasteiger partial charge < -0.3 is 9.30 Å². The Morgan fingerprint density at radius 2 is 2.12 bits per heavy atom. The topological polar surface area (TPSA) is 44.9 Å². The molecule has 0 amide bonds. The van der Waals surface area contributed by atoms with Gasteiger partial charge in [0.05, 0.1) is 17.8 Å². The summed E-state index contributed by atoms with van der Waals surface area (Å²) in [7, 11) is 0. The van der Waals surface area contributed by atoms with Crippen LogP contribution in [0.1, 0.15) is 68.7 Å². The monoisotopic (exact) mass is 330 g/mol. The molecule has 24 heavy (non-hydrogen) atoms. The van der Waals surface area contributed by atoms with E-state index in [-0.39, 0.29) is 5.60 Å². The molecule has 2 aromatic heterocycles. The van der Waals surface area contributed by atoms with Crippen molar-refractivity contribution in [3.63, 3.8) is 0 Å². The average molecular weight is 330 g/mol. The lowest BCUT2D eigenvalue weighted by Crippen LogP contribution is -2.34. The first kappa shape index (κ1) is 17.2. The first-order valence-electron chi connectivity index (χ1n) is 9.09. The van der Waals surface area contributed by atoms with E-state index in [1.165, 1.54) is 17.1 Å². The van der Waals surface area contributed by atoms with Crippen molar-refractivity contribution in [2.24, 2.45) is 0 Å². The van der Waals surface area contributed by atoms with Crippen LogP contribution in [-0.4, -0.2) is 31.5 Å². The molecule has 5 nitrogen and oxygen atoms in total. The maximum Gasteiger partial charge on any atom is 0.112 e. The highest BCUT2D eigenvalue weighted by atomic mass is 16.5. The van der Waals surface area contributed by atoms with Crippen molar-refractivity contribution in [3.05, 3.63) is 35.2 Å². The number of aryl methyl sites for hydroxylation is 2. The van der Waals surface area contributed by atoms with Crippen LogP contribution in [0.3, 0.4) is 0 Å². The van der Waals surface area contributed by atoms with Gasteiger partial charge in [-0.3, -0.25) is 4.68 Å². The Morgan fingerprint density at radius 1 is 1.33 bits per heavy atom. The standard InChI is InChI=1S/C19H30N4O/c1-6-9-23-15(3)17(14(2)21-23)13-22-10-8-20-18(22)16-7-11-24-19(4,5)12-16/h8,10,16H,6-7,9,11-13H2,1-5H3/t16-/m0/s1. The van der Waals surface area contributed by atoms with E-state index in [4.69, 9.17) is 9.84 Å². The third kappa shape index (κ3) is 3.41. The molecule has 5 heteroatoms. The molecule has 2 aromatic rings. The van der Waals surface area contributed by atoms with E-state index >= 15 is 0 Å². The zero-order valence-corrected chi connectivity index (χ0v) is 15.7. The lowest BCUT2D eigenvalue weighted by Gasteiger charge is -2.35. The summed E-state index contributed by atoms with van der Waals surface area (Å²) in [6.07, 6.45) is 7.21. The zero-order chi connectivity index (χ0) is 17.3. The summed E-state index contributed by atoms with van der Waals surface area (Å²) in [6.45, 7) is 13.5. The summed E-state index contributed by atoms with van der Waals surface area (Å²) in [5, 5.41) is 4.71. The Balaban J connectivity index is 1.84. The first-order chi connectivity index (χ1) is 11.4. The van der Waals surface area contributed by atoms with Crippen molar-refractivity contribution < 1.29 is 4.74 Å². The lowest BCUT2D eigenvalue weighted by molar-refractivity contribution is -0.0606. The van der Waals surface area contributed by atoms with Gasteiger partial charge >= 0.3 is 0 Å². The van der Waals surface area contributed by atoms with Crippen LogP contribution >= 0.6 is 0 Å². The van der Waals surface area contributed by atoms with E-state index in [2.05, 4.69) is 55.0 Å². The van der Waals surface area contributed by atoms with Gasteiger partial charge in [0.15, 0.2) is 0 Å². The van der Waals surface area contributed by atoms with Crippen LogP contribution < -0.4 is 0 Å². The average Bonchev–Trinajstić information content (AvgIpc) is 3.07. The predicted molar refractivity (Wildman–Crippen MR) is 95.3 cm³/mol. The molecule has 0 radical (unpaired) electrons. The Hall–Kier alpha value is -1.62. The third-order valence-corrected chi connectivity index (χ3v) is 5.11. The zero-order valence-electron chi connectivity index (χ0n) is 15.7. The van der Waals surface area contributed by atoms with E-state index in [9.17, 15) is 0 Å². The molecule has 0 N–H and O–H groups in total. The molecule has 0 bridgehead atoms. The van der Waals surface area contributed by atoms with Crippen molar-refractivity contribution in [1.29, 1.82) is 0 Å². The number of hydrogen-bond acceptors (Lipinski definition) is 3. The van der Waals surface area contributed by atoms with E-state index in [0.717, 1.165) is 44.7 Å². The maximum atomic E-state index is 5.87. The summed E-state index contributed by atoms with van der Waals surface area (Å²) in [4.78, 5) is 4.68. The van der Waals surface area contributed by atoms with Gasteiger partial charge in [-0.25, -0.2) is 4.98 Å². The van der Waals surface area contributed by atoms with Crippen LogP contribution in [-0.2, 0) is 17.8 Å². The molecule has 1 saturated heterocycles. The fourth-order valence-corrected chi connectivity index (χ4v) is 3.83. The molecular formula is C19H30N4O. The van der Waals surface area contributed by atoms with Crippen molar-refractivity contribution in [1.82, 2.24) is 19.3 Å². The van der Waals surface area contributed by atoms with Crippen molar-refractivity contribution >= 4 is 0 Å². The Kier molecular flexibility index (Phi) is 4.81. The van der Waals surface area contributed by atoms with Crippen LogP contribution in [0.15, 0.2) is 12.4 Å². The molecule has 3 heterocycles. The molecule has 1 aliphatic heterocycles. The number of ether oxygens (including phenoxy) is 1. The minimum absolute atomic E-state index is 0.0580. The molecule has 132 valence electrons. The fraction of sp³-hybridized carbons (Fsp3) is 0.684. The molecule has 0 spiro atoms. The number of imidazole rings is 1. The van der Waals surface area contributed by atoms with Crippen LogP contribution in [0.2, 0.25) is 0 Å². The molecule has 0 aliphatic carbocycles. The lowest BCUT2D eigenvalue weighted by atomic mass is 9.88.